The van der Waals surface area contributed by atoms with Gasteiger partial charge in [-0.15, -0.1) is 23.7 Å². The van der Waals surface area contributed by atoms with Crippen molar-refractivity contribution in [2.75, 3.05) is 0 Å². The number of rotatable bonds is 3. The molecule has 0 radical (unpaired) electrons. The minimum absolute atomic E-state index is 0. The number of nitrogens with two attached hydrogens (primary N) is 1. The summed E-state index contributed by atoms with van der Waals surface area (Å²) in [4.78, 5) is 4.63. The molecule has 2 aromatic rings. The molecule has 0 saturated carbocycles. The summed E-state index contributed by atoms with van der Waals surface area (Å²) in [5.74, 6) is 0.489. The van der Waals surface area contributed by atoms with Crippen molar-refractivity contribution < 1.29 is 0 Å². The monoisotopic (exact) mass is 268 g/mol. The third-order valence-electron chi connectivity index (χ3n) is 2.52. The number of hydrogen-bond donors (Lipinski definition) is 1. The first-order chi connectivity index (χ1) is 7.70. The molecule has 0 atom stereocenters. The Morgan fingerprint density at radius 1 is 1.35 bits per heavy atom. The summed E-state index contributed by atoms with van der Waals surface area (Å²) < 4.78 is 0. The van der Waals surface area contributed by atoms with Gasteiger partial charge in [0.25, 0.3) is 0 Å². The van der Waals surface area contributed by atoms with Crippen molar-refractivity contribution in [3.63, 3.8) is 0 Å². The highest BCUT2D eigenvalue weighted by molar-refractivity contribution is 7.13. The highest BCUT2D eigenvalue weighted by Gasteiger charge is 2.07. The number of nitrogens with zero attached hydrogens (tertiary/aromatic N) is 1. The molecule has 0 aliphatic carbocycles. The molecule has 2 rings (SSSR count). The van der Waals surface area contributed by atoms with E-state index in [0.717, 1.165) is 16.3 Å². The first kappa shape index (κ1) is 14.2. The van der Waals surface area contributed by atoms with E-state index in [2.05, 4.69) is 36.3 Å². The van der Waals surface area contributed by atoms with Crippen LogP contribution < -0.4 is 5.73 Å². The van der Waals surface area contributed by atoms with Crippen LogP contribution >= 0.6 is 23.7 Å². The van der Waals surface area contributed by atoms with Crippen molar-refractivity contribution in [1.82, 2.24) is 4.98 Å². The van der Waals surface area contributed by atoms with Crippen molar-refractivity contribution >= 4 is 23.7 Å². The molecule has 0 spiro atoms. The molecule has 4 heteroatoms. The van der Waals surface area contributed by atoms with E-state index in [1.165, 1.54) is 5.56 Å². The highest BCUT2D eigenvalue weighted by Crippen LogP contribution is 2.27. The Balaban J connectivity index is 0.00000144. The highest BCUT2D eigenvalue weighted by atomic mass is 35.5. The number of thiazole rings is 1. The molecular weight excluding hydrogens is 252 g/mol. The first-order valence-electron chi connectivity index (χ1n) is 5.45. The second kappa shape index (κ2) is 6.15. The SMILES string of the molecule is CC(C)c1csc(-c2cccc(CN)c2)n1.Cl. The van der Waals surface area contributed by atoms with Crippen LogP contribution in [0.4, 0.5) is 0 Å². The van der Waals surface area contributed by atoms with Gasteiger partial charge in [-0.25, -0.2) is 4.98 Å². The summed E-state index contributed by atoms with van der Waals surface area (Å²) in [6.45, 7) is 4.90. The van der Waals surface area contributed by atoms with Crippen molar-refractivity contribution in [2.45, 2.75) is 26.3 Å². The van der Waals surface area contributed by atoms with E-state index in [9.17, 15) is 0 Å². The topological polar surface area (TPSA) is 38.9 Å². The van der Waals surface area contributed by atoms with E-state index in [0.29, 0.717) is 12.5 Å². The molecule has 1 heterocycles. The Hall–Kier alpha value is -0.900. The Morgan fingerprint density at radius 2 is 2.12 bits per heavy atom. The van der Waals surface area contributed by atoms with Crippen molar-refractivity contribution in [3.8, 4) is 10.6 Å². The van der Waals surface area contributed by atoms with Gasteiger partial charge in [0, 0.05) is 17.5 Å². The fraction of sp³-hybridized carbons (Fsp3) is 0.308. The van der Waals surface area contributed by atoms with E-state index < -0.39 is 0 Å². The predicted molar refractivity (Wildman–Crippen MR) is 76.8 cm³/mol. The fourth-order valence-electron chi connectivity index (χ4n) is 1.52. The van der Waals surface area contributed by atoms with Crippen LogP contribution in [0.5, 0.6) is 0 Å². The predicted octanol–water partition coefficient (Wildman–Crippen LogP) is 3.81. The van der Waals surface area contributed by atoms with E-state index >= 15 is 0 Å². The second-order valence-corrected chi connectivity index (χ2v) is 4.99. The van der Waals surface area contributed by atoms with Crippen LogP contribution in [-0.4, -0.2) is 4.98 Å². The summed E-state index contributed by atoms with van der Waals surface area (Å²) in [5.41, 5.74) is 9.12. The van der Waals surface area contributed by atoms with Gasteiger partial charge in [0.1, 0.15) is 5.01 Å². The van der Waals surface area contributed by atoms with Crippen LogP contribution in [0.3, 0.4) is 0 Å². The lowest BCUT2D eigenvalue weighted by atomic mass is 10.1. The molecule has 0 unspecified atom stereocenters. The smallest absolute Gasteiger partial charge is 0.123 e. The molecule has 0 aliphatic heterocycles. The molecule has 2 nitrogen and oxygen atoms in total. The van der Waals surface area contributed by atoms with Crippen LogP contribution in [0, 0.1) is 0 Å². The summed E-state index contributed by atoms with van der Waals surface area (Å²) in [6, 6.07) is 8.28. The molecule has 92 valence electrons. The maximum Gasteiger partial charge on any atom is 0.123 e. The van der Waals surface area contributed by atoms with E-state index in [-0.39, 0.29) is 12.4 Å². The molecule has 0 saturated heterocycles. The minimum Gasteiger partial charge on any atom is -0.326 e. The van der Waals surface area contributed by atoms with Gasteiger partial charge in [-0.05, 0) is 17.5 Å². The maximum atomic E-state index is 5.63. The number of aromatic nitrogens is 1. The van der Waals surface area contributed by atoms with E-state index in [4.69, 9.17) is 5.73 Å². The zero-order chi connectivity index (χ0) is 11.5. The van der Waals surface area contributed by atoms with Gasteiger partial charge in [-0.3, -0.25) is 0 Å². The third-order valence-corrected chi connectivity index (χ3v) is 3.43. The summed E-state index contributed by atoms with van der Waals surface area (Å²) in [7, 11) is 0. The van der Waals surface area contributed by atoms with Crippen molar-refractivity contribution in [3.05, 3.63) is 40.9 Å². The maximum absolute atomic E-state index is 5.63. The normalized spacial score (nSPS) is 10.4. The van der Waals surface area contributed by atoms with E-state index in [1.807, 2.05) is 12.1 Å². The van der Waals surface area contributed by atoms with Crippen LogP contribution in [0.2, 0.25) is 0 Å². The Morgan fingerprint density at radius 3 is 2.71 bits per heavy atom. The van der Waals surface area contributed by atoms with Crippen LogP contribution in [0.15, 0.2) is 29.6 Å². The van der Waals surface area contributed by atoms with Gasteiger partial charge in [-0.1, -0.05) is 32.0 Å². The minimum atomic E-state index is 0. The van der Waals surface area contributed by atoms with Gasteiger partial charge < -0.3 is 5.73 Å². The quantitative estimate of drug-likeness (QED) is 0.919. The van der Waals surface area contributed by atoms with E-state index in [1.54, 1.807) is 11.3 Å². The van der Waals surface area contributed by atoms with Crippen molar-refractivity contribution in [2.24, 2.45) is 5.73 Å². The molecule has 0 fully saturated rings. The third kappa shape index (κ3) is 3.28. The van der Waals surface area contributed by atoms with Gasteiger partial charge >= 0.3 is 0 Å². The Labute approximate surface area is 112 Å². The fourth-order valence-corrected chi connectivity index (χ4v) is 2.49. The second-order valence-electron chi connectivity index (χ2n) is 4.14. The molecule has 1 aromatic carbocycles. The van der Waals surface area contributed by atoms with Gasteiger partial charge in [0.05, 0.1) is 5.69 Å². The molecule has 0 aliphatic rings. The summed E-state index contributed by atoms with van der Waals surface area (Å²) in [5, 5.41) is 3.22. The molecule has 0 amide bonds. The largest absolute Gasteiger partial charge is 0.326 e. The number of hydrogen-bond acceptors (Lipinski definition) is 3. The average molecular weight is 269 g/mol. The van der Waals surface area contributed by atoms with Crippen LogP contribution in [0.1, 0.15) is 31.0 Å². The lowest BCUT2D eigenvalue weighted by Crippen LogP contribution is -1.95. The first-order valence-corrected chi connectivity index (χ1v) is 6.33. The molecule has 17 heavy (non-hydrogen) atoms. The van der Waals surface area contributed by atoms with Crippen molar-refractivity contribution in [1.29, 1.82) is 0 Å². The molecule has 0 bridgehead atoms. The number of benzene rings is 1. The van der Waals surface area contributed by atoms with Crippen LogP contribution in [0.25, 0.3) is 10.6 Å². The summed E-state index contributed by atoms with van der Waals surface area (Å²) in [6.07, 6.45) is 0. The molecule has 1 aromatic heterocycles. The van der Waals surface area contributed by atoms with Gasteiger partial charge in [0.15, 0.2) is 0 Å². The average Bonchev–Trinajstić information content (AvgIpc) is 2.78. The molecule has 2 N–H and O–H groups in total. The zero-order valence-electron chi connectivity index (χ0n) is 10.0. The lowest BCUT2D eigenvalue weighted by molar-refractivity contribution is 0.834. The number of halogens is 1. The standard InChI is InChI=1S/C13H16N2S.ClH/c1-9(2)12-8-16-13(15-12)11-5-3-4-10(6-11)7-14;/h3-6,8-9H,7,14H2,1-2H3;1H. The molecular formula is C13H17ClN2S. The Kier molecular flexibility index (Phi) is 5.12. The Bertz CT molecular complexity index is 480. The van der Waals surface area contributed by atoms with Gasteiger partial charge in [0.2, 0.25) is 0 Å². The lowest BCUT2D eigenvalue weighted by Gasteiger charge is -2.00. The van der Waals surface area contributed by atoms with Gasteiger partial charge in [-0.2, -0.15) is 0 Å². The zero-order valence-corrected chi connectivity index (χ0v) is 11.6. The van der Waals surface area contributed by atoms with Crippen LogP contribution in [-0.2, 0) is 6.54 Å². The summed E-state index contributed by atoms with van der Waals surface area (Å²) >= 11 is 1.70.